The summed E-state index contributed by atoms with van der Waals surface area (Å²) in [5.74, 6) is 0.521. The van der Waals surface area contributed by atoms with Crippen LogP contribution in [-0.4, -0.2) is 31.0 Å². The molecule has 1 aliphatic rings. The van der Waals surface area contributed by atoms with Crippen LogP contribution in [-0.2, 0) is 6.42 Å². The highest BCUT2D eigenvalue weighted by molar-refractivity contribution is 6.32. The lowest BCUT2D eigenvalue weighted by Crippen LogP contribution is -2.28. The molecule has 18 heavy (non-hydrogen) atoms. The van der Waals surface area contributed by atoms with Crippen LogP contribution in [0, 0.1) is 0 Å². The summed E-state index contributed by atoms with van der Waals surface area (Å²) in [5.41, 5.74) is 1.65. The zero-order chi connectivity index (χ0) is 13.1. The van der Waals surface area contributed by atoms with Gasteiger partial charge in [-0.05, 0) is 37.0 Å². The highest BCUT2D eigenvalue weighted by Gasteiger charge is 2.24. The van der Waals surface area contributed by atoms with E-state index in [0.29, 0.717) is 16.3 Å². The van der Waals surface area contributed by atoms with Crippen LogP contribution in [0.2, 0.25) is 5.02 Å². The largest absolute Gasteiger partial charge is 0.494 e. The summed E-state index contributed by atoms with van der Waals surface area (Å²) in [6, 6.07) is 3.76. The van der Waals surface area contributed by atoms with Gasteiger partial charge in [-0.3, -0.25) is 4.79 Å². The molecule has 0 unspecified atom stereocenters. The Bertz CT molecular complexity index is 453. The smallest absolute Gasteiger partial charge is 0.257 e. The van der Waals surface area contributed by atoms with Gasteiger partial charge < -0.3 is 9.64 Å². The first kappa shape index (κ1) is 13.2. The predicted octanol–water partition coefficient (Wildman–Crippen LogP) is 3.15. The minimum absolute atomic E-state index is 0.0292. The Labute approximate surface area is 113 Å². The summed E-state index contributed by atoms with van der Waals surface area (Å²) in [4.78, 5) is 14.3. The number of aryl methyl sites for hydroxylation is 1. The molecule has 0 atom stereocenters. The summed E-state index contributed by atoms with van der Waals surface area (Å²) in [6.07, 6.45) is 3.01. The van der Waals surface area contributed by atoms with E-state index < -0.39 is 0 Å². The zero-order valence-corrected chi connectivity index (χ0v) is 11.6. The van der Waals surface area contributed by atoms with Crippen LogP contribution in [0.1, 0.15) is 35.7 Å². The molecule has 1 aliphatic heterocycles. The highest BCUT2D eigenvalue weighted by Crippen LogP contribution is 2.32. The molecule has 1 aromatic rings. The topological polar surface area (TPSA) is 29.5 Å². The molecule has 0 aliphatic carbocycles. The Morgan fingerprint density at radius 1 is 1.39 bits per heavy atom. The molecule has 0 N–H and O–H groups in total. The monoisotopic (exact) mass is 267 g/mol. The molecule has 1 aromatic carbocycles. The van der Waals surface area contributed by atoms with Gasteiger partial charge in [0.1, 0.15) is 5.75 Å². The Kier molecular flexibility index (Phi) is 4.12. The number of halogens is 1. The van der Waals surface area contributed by atoms with Crippen molar-refractivity contribution in [3.63, 3.8) is 0 Å². The predicted molar refractivity (Wildman–Crippen MR) is 72.5 cm³/mol. The van der Waals surface area contributed by atoms with Crippen LogP contribution >= 0.6 is 11.6 Å². The lowest BCUT2D eigenvalue weighted by Gasteiger charge is -2.18. The van der Waals surface area contributed by atoms with Gasteiger partial charge in [-0.15, -0.1) is 0 Å². The summed E-state index contributed by atoms with van der Waals surface area (Å²) in [5, 5.41) is 0.513. The second kappa shape index (κ2) is 5.61. The van der Waals surface area contributed by atoms with E-state index in [2.05, 4.69) is 0 Å². The highest BCUT2D eigenvalue weighted by atomic mass is 35.5. The molecule has 1 amide bonds. The van der Waals surface area contributed by atoms with Crippen molar-refractivity contribution < 1.29 is 9.53 Å². The van der Waals surface area contributed by atoms with Crippen molar-refractivity contribution in [1.82, 2.24) is 4.90 Å². The molecule has 2 rings (SSSR count). The number of amides is 1. The molecule has 0 bridgehead atoms. The number of carbonyl (C=O) groups excluding carboxylic acids is 1. The van der Waals surface area contributed by atoms with Gasteiger partial charge in [0.25, 0.3) is 5.91 Å². The van der Waals surface area contributed by atoms with Gasteiger partial charge >= 0.3 is 0 Å². The Morgan fingerprint density at radius 3 is 2.61 bits per heavy atom. The average Bonchev–Trinajstić information content (AvgIpc) is 2.90. The first-order valence-corrected chi connectivity index (χ1v) is 6.70. The number of hydrogen-bond donors (Lipinski definition) is 0. The lowest BCUT2D eigenvalue weighted by molar-refractivity contribution is 0.0789. The van der Waals surface area contributed by atoms with Crippen LogP contribution in [0.15, 0.2) is 12.1 Å². The van der Waals surface area contributed by atoms with E-state index in [-0.39, 0.29) is 5.91 Å². The maximum Gasteiger partial charge on any atom is 0.257 e. The van der Waals surface area contributed by atoms with Gasteiger partial charge in [0, 0.05) is 13.1 Å². The lowest BCUT2D eigenvalue weighted by atomic mass is 10.1. The van der Waals surface area contributed by atoms with Gasteiger partial charge in [-0.25, -0.2) is 0 Å². The van der Waals surface area contributed by atoms with Crippen molar-refractivity contribution in [3.05, 3.63) is 28.3 Å². The number of hydrogen-bond acceptors (Lipinski definition) is 2. The third-order valence-electron chi connectivity index (χ3n) is 3.34. The van der Waals surface area contributed by atoms with Gasteiger partial charge in [-0.1, -0.05) is 18.5 Å². The second-order valence-corrected chi connectivity index (χ2v) is 4.92. The Balaban J connectivity index is 2.40. The third-order valence-corrected chi connectivity index (χ3v) is 3.62. The Morgan fingerprint density at radius 2 is 2.06 bits per heavy atom. The fraction of sp³-hybridized carbons (Fsp3) is 0.500. The summed E-state index contributed by atoms with van der Waals surface area (Å²) in [6.45, 7) is 3.70. The first-order chi connectivity index (χ1) is 8.67. The fourth-order valence-electron chi connectivity index (χ4n) is 2.31. The van der Waals surface area contributed by atoms with E-state index >= 15 is 0 Å². The molecule has 1 saturated heterocycles. The van der Waals surface area contributed by atoms with Crippen molar-refractivity contribution in [2.45, 2.75) is 26.2 Å². The second-order valence-electron chi connectivity index (χ2n) is 4.51. The van der Waals surface area contributed by atoms with Gasteiger partial charge in [0.15, 0.2) is 0 Å². The van der Waals surface area contributed by atoms with Gasteiger partial charge in [-0.2, -0.15) is 0 Å². The average molecular weight is 268 g/mol. The molecule has 98 valence electrons. The molecule has 4 heteroatoms. The number of ether oxygens (including phenoxy) is 1. The molecular formula is C14H18ClNO2. The molecule has 1 fully saturated rings. The number of likely N-dealkylation sites (tertiary alicyclic amines) is 1. The maximum absolute atomic E-state index is 12.4. The van der Waals surface area contributed by atoms with Crippen LogP contribution in [0.5, 0.6) is 5.75 Å². The standard InChI is InChI=1S/C14H18ClNO2/c1-3-10-8-11(13(18-2)12(15)9-10)14(17)16-6-4-5-7-16/h8-9H,3-7H2,1-2H3. The van der Waals surface area contributed by atoms with Crippen LogP contribution in [0.25, 0.3) is 0 Å². The summed E-state index contributed by atoms with van der Waals surface area (Å²) >= 11 is 6.17. The van der Waals surface area contributed by atoms with E-state index in [1.54, 1.807) is 7.11 Å². The quantitative estimate of drug-likeness (QED) is 0.842. The molecule has 0 radical (unpaired) electrons. The van der Waals surface area contributed by atoms with E-state index in [9.17, 15) is 4.79 Å². The van der Waals surface area contributed by atoms with Crippen molar-refractivity contribution in [2.24, 2.45) is 0 Å². The number of nitrogens with zero attached hydrogens (tertiary/aromatic N) is 1. The van der Waals surface area contributed by atoms with Crippen LogP contribution in [0.3, 0.4) is 0 Å². The van der Waals surface area contributed by atoms with Crippen molar-refractivity contribution in [3.8, 4) is 5.75 Å². The summed E-state index contributed by atoms with van der Waals surface area (Å²) < 4.78 is 5.28. The van der Waals surface area contributed by atoms with Crippen molar-refractivity contribution >= 4 is 17.5 Å². The summed E-state index contributed by atoms with van der Waals surface area (Å²) in [7, 11) is 1.55. The Hall–Kier alpha value is -1.22. The molecular weight excluding hydrogens is 250 g/mol. The number of benzene rings is 1. The first-order valence-electron chi connectivity index (χ1n) is 6.33. The number of methoxy groups -OCH3 is 1. The molecule has 0 spiro atoms. The molecule has 0 saturated carbocycles. The minimum atomic E-state index is 0.0292. The van der Waals surface area contributed by atoms with E-state index in [1.165, 1.54) is 0 Å². The fourth-order valence-corrected chi connectivity index (χ4v) is 2.63. The molecule has 1 heterocycles. The van der Waals surface area contributed by atoms with E-state index in [4.69, 9.17) is 16.3 Å². The van der Waals surface area contributed by atoms with E-state index in [1.807, 2.05) is 24.0 Å². The van der Waals surface area contributed by atoms with Gasteiger partial charge in [0.2, 0.25) is 0 Å². The third kappa shape index (κ3) is 2.46. The van der Waals surface area contributed by atoms with Crippen molar-refractivity contribution in [1.29, 1.82) is 0 Å². The minimum Gasteiger partial charge on any atom is -0.494 e. The van der Waals surface area contributed by atoms with Gasteiger partial charge in [0.05, 0.1) is 17.7 Å². The van der Waals surface area contributed by atoms with Crippen LogP contribution in [0.4, 0.5) is 0 Å². The number of carbonyl (C=O) groups is 1. The number of rotatable bonds is 3. The van der Waals surface area contributed by atoms with Crippen LogP contribution < -0.4 is 4.74 Å². The van der Waals surface area contributed by atoms with Crippen molar-refractivity contribution in [2.75, 3.05) is 20.2 Å². The SMILES string of the molecule is CCc1cc(Cl)c(OC)c(C(=O)N2CCCC2)c1. The molecule has 3 nitrogen and oxygen atoms in total. The normalized spacial score (nSPS) is 14.9. The van der Waals surface area contributed by atoms with E-state index in [0.717, 1.165) is 37.9 Å². The maximum atomic E-state index is 12.4. The molecule has 0 aromatic heterocycles. The zero-order valence-electron chi connectivity index (χ0n) is 10.8.